The predicted molar refractivity (Wildman–Crippen MR) is 239 cm³/mol. The summed E-state index contributed by atoms with van der Waals surface area (Å²) in [6, 6.07) is 70.6. The summed E-state index contributed by atoms with van der Waals surface area (Å²) in [5.74, 6) is 0. The van der Waals surface area contributed by atoms with E-state index in [9.17, 15) is 0 Å². The lowest BCUT2D eigenvalue weighted by Crippen LogP contribution is -2.10. The van der Waals surface area contributed by atoms with Crippen LogP contribution >= 0.6 is 0 Å². The molecule has 12 rings (SSSR count). The van der Waals surface area contributed by atoms with E-state index in [0.29, 0.717) is 0 Å². The van der Waals surface area contributed by atoms with Gasteiger partial charge in [-0.1, -0.05) is 109 Å². The first-order valence-corrected chi connectivity index (χ1v) is 19.6. The Bertz CT molecular complexity index is 3360. The van der Waals surface area contributed by atoms with Gasteiger partial charge in [0.05, 0.1) is 0 Å². The highest BCUT2D eigenvalue weighted by Crippen LogP contribution is 2.41. The van der Waals surface area contributed by atoms with Crippen LogP contribution in [0.2, 0.25) is 0 Å². The molecule has 4 heteroatoms. The zero-order chi connectivity index (χ0) is 38.2. The van der Waals surface area contributed by atoms with Crippen LogP contribution in [-0.4, -0.2) is 0 Å². The Labute approximate surface area is 333 Å². The molecule has 0 unspecified atom stereocenters. The fourth-order valence-electron chi connectivity index (χ4n) is 8.59. The Hall–Kier alpha value is -7.82. The molecule has 0 aliphatic heterocycles. The minimum Gasteiger partial charge on any atom is -0.456 e. The summed E-state index contributed by atoms with van der Waals surface area (Å²) in [5.41, 5.74) is 15.4. The van der Waals surface area contributed by atoms with Crippen molar-refractivity contribution in [2.24, 2.45) is 0 Å². The van der Waals surface area contributed by atoms with E-state index in [2.05, 4.69) is 169 Å². The molecule has 4 nitrogen and oxygen atoms in total. The number of nitrogens with zero attached hydrogens (tertiary/aromatic N) is 1. The van der Waals surface area contributed by atoms with Gasteiger partial charge in [-0.05, 0) is 124 Å². The van der Waals surface area contributed by atoms with Crippen LogP contribution in [0.5, 0.6) is 0 Å². The maximum absolute atomic E-state index is 6.16. The molecule has 0 saturated carbocycles. The zero-order valence-corrected chi connectivity index (χ0v) is 31.2. The lowest BCUT2D eigenvalue weighted by molar-refractivity contribution is 0.668. The molecular weight excluding hydrogens is 711 g/mol. The van der Waals surface area contributed by atoms with Crippen LogP contribution in [0.4, 0.5) is 17.1 Å². The van der Waals surface area contributed by atoms with Gasteiger partial charge in [-0.25, -0.2) is 0 Å². The minimum absolute atomic E-state index is 0.892. The molecule has 12 aromatic rings. The molecule has 0 bridgehead atoms. The molecule has 0 saturated heterocycles. The van der Waals surface area contributed by atoms with Crippen molar-refractivity contribution in [3.63, 3.8) is 0 Å². The fraction of sp³-hybridized carbons (Fsp3) is 0. The zero-order valence-electron chi connectivity index (χ0n) is 31.2. The van der Waals surface area contributed by atoms with Crippen molar-refractivity contribution in [2.45, 2.75) is 0 Å². The summed E-state index contributed by atoms with van der Waals surface area (Å²) in [4.78, 5) is 2.34. The lowest BCUT2D eigenvalue weighted by Gasteiger charge is -2.26. The van der Waals surface area contributed by atoms with E-state index in [-0.39, 0.29) is 0 Å². The van der Waals surface area contributed by atoms with Crippen molar-refractivity contribution >= 4 is 82.9 Å². The summed E-state index contributed by atoms with van der Waals surface area (Å²) in [6.45, 7) is 0. The third-order valence-electron chi connectivity index (χ3n) is 11.5. The molecule has 0 aliphatic rings. The molecule has 9 aromatic carbocycles. The van der Waals surface area contributed by atoms with E-state index in [1.807, 2.05) is 36.4 Å². The van der Waals surface area contributed by atoms with E-state index in [4.69, 9.17) is 13.3 Å². The first-order chi connectivity index (χ1) is 28.7. The third kappa shape index (κ3) is 5.31. The number of fused-ring (bicyclic) bond motifs is 9. The molecule has 0 aliphatic carbocycles. The van der Waals surface area contributed by atoms with Gasteiger partial charge >= 0.3 is 0 Å². The molecule has 272 valence electrons. The molecule has 0 radical (unpaired) electrons. The molecule has 0 spiro atoms. The largest absolute Gasteiger partial charge is 0.456 e. The summed E-state index contributed by atoms with van der Waals surface area (Å²) in [6.07, 6.45) is 0. The molecule has 58 heavy (non-hydrogen) atoms. The second-order valence-corrected chi connectivity index (χ2v) is 14.9. The van der Waals surface area contributed by atoms with Gasteiger partial charge in [-0.15, -0.1) is 0 Å². The number of hydrogen-bond donors (Lipinski definition) is 0. The number of anilines is 3. The molecule has 0 N–H and O–H groups in total. The quantitative estimate of drug-likeness (QED) is 0.170. The highest BCUT2D eigenvalue weighted by molar-refractivity contribution is 6.08. The fourth-order valence-corrected chi connectivity index (χ4v) is 8.59. The summed E-state index contributed by atoms with van der Waals surface area (Å²) in [7, 11) is 0. The number of furan rings is 3. The van der Waals surface area contributed by atoms with Gasteiger partial charge in [0.1, 0.15) is 33.5 Å². The predicted octanol–water partition coefficient (Wildman–Crippen LogP) is 15.9. The molecule has 3 aromatic heterocycles. The first-order valence-electron chi connectivity index (χ1n) is 19.6. The smallest absolute Gasteiger partial charge is 0.135 e. The van der Waals surface area contributed by atoms with Crippen molar-refractivity contribution in [3.8, 4) is 33.4 Å². The van der Waals surface area contributed by atoms with Crippen LogP contribution in [0, 0.1) is 0 Å². The van der Waals surface area contributed by atoms with E-state index in [1.165, 1.54) is 0 Å². The Morgan fingerprint density at radius 1 is 0.224 bits per heavy atom. The molecular formula is C54H33NO3. The van der Waals surface area contributed by atoms with Crippen LogP contribution in [-0.2, 0) is 0 Å². The average molecular weight is 744 g/mol. The van der Waals surface area contributed by atoms with Gasteiger partial charge in [-0.3, -0.25) is 0 Å². The Morgan fingerprint density at radius 3 is 1.00 bits per heavy atom. The van der Waals surface area contributed by atoms with Gasteiger partial charge in [0.15, 0.2) is 0 Å². The summed E-state index contributed by atoms with van der Waals surface area (Å²) < 4.78 is 18.4. The molecule has 0 atom stereocenters. The maximum atomic E-state index is 6.16. The molecule has 3 heterocycles. The van der Waals surface area contributed by atoms with Gasteiger partial charge in [0.25, 0.3) is 0 Å². The van der Waals surface area contributed by atoms with Gasteiger partial charge in [0.2, 0.25) is 0 Å². The average Bonchev–Trinajstić information content (AvgIpc) is 3.98. The van der Waals surface area contributed by atoms with E-state index < -0.39 is 0 Å². The number of rotatable bonds is 6. The maximum Gasteiger partial charge on any atom is 0.135 e. The van der Waals surface area contributed by atoms with Gasteiger partial charge < -0.3 is 18.2 Å². The van der Waals surface area contributed by atoms with Crippen molar-refractivity contribution < 1.29 is 13.3 Å². The summed E-state index contributed by atoms with van der Waals surface area (Å²) in [5, 5.41) is 6.74. The van der Waals surface area contributed by atoms with E-state index in [0.717, 1.165) is 116 Å². The van der Waals surface area contributed by atoms with Gasteiger partial charge in [0, 0.05) is 49.4 Å². The second kappa shape index (κ2) is 12.9. The SMILES string of the molecule is c1cc(-c2ccc3oc4ccccc4c3c2)cc(N(c2ccc(-c3ccc4oc5ccccc5c4c3)cc2)c2ccc(-c3ccc4oc5ccccc5c4c3)cc2)c1. The minimum atomic E-state index is 0.892. The normalized spacial score (nSPS) is 11.8. The molecule has 0 fully saturated rings. The van der Waals surface area contributed by atoms with Crippen LogP contribution in [0.3, 0.4) is 0 Å². The highest BCUT2D eigenvalue weighted by atomic mass is 16.3. The van der Waals surface area contributed by atoms with Crippen LogP contribution in [0.25, 0.3) is 99.2 Å². The summed E-state index contributed by atoms with van der Waals surface area (Å²) >= 11 is 0. The molecule has 0 amide bonds. The number of benzene rings is 9. The van der Waals surface area contributed by atoms with E-state index in [1.54, 1.807) is 0 Å². The van der Waals surface area contributed by atoms with Crippen molar-refractivity contribution in [3.05, 3.63) is 200 Å². The van der Waals surface area contributed by atoms with Crippen LogP contribution in [0.15, 0.2) is 213 Å². The van der Waals surface area contributed by atoms with Crippen LogP contribution < -0.4 is 4.90 Å². The monoisotopic (exact) mass is 743 g/mol. The van der Waals surface area contributed by atoms with Crippen molar-refractivity contribution in [1.82, 2.24) is 0 Å². The first kappa shape index (κ1) is 32.4. The Morgan fingerprint density at radius 2 is 0.569 bits per heavy atom. The van der Waals surface area contributed by atoms with Gasteiger partial charge in [-0.2, -0.15) is 0 Å². The van der Waals surface area contributed by atoms with E-state index >= 15 is 0 Å². The second-order valence-electron chi connectivity index (χ2n) is 14.9. The topological polar surface area (TPSA) is 42.7 Å². The standard InChI is InChI=1S/C54H33NO3/c1-4-13-49-43(10-1)46-31-37(20-27-52(46)56-49)34-16-23-40(24-17-34)55(41-25-18-35(19-26-41)38-21-28-53-47(32-38)44-11-2-5-14-50(44)57-53)42-9-7-8-36(30-42)39-22-29-54-48(33-39)45-12-3-6-15-51(45)58-54/h1-33H. The third-order valence-corrected chi connectivity index (χ3v) is 11.5. The van der Waals surface area contributed by atoms with Crippen LogP contribution in [0.1, 0.15) is 0 Å². The Balaban J connectivity index is 0.950. The number of hydrogen-bond acceptors (Lipinski definition) is 4. The highest BCUT2D eigenvalue weighted by Gasteiger charge is 2.17. The number of para-hydroxylation sites is 3. The lowest BCUT2D eigenvalue weighted by atomic mass is 10.00. The Kier molecular flexibility index (Phi) is 7.20. The van der Waals surface area contributed by atoms with Crippen molar-refractivity contribution in [2.75, 3.05) is 4.90 Å². The van der Waals surface area contributed by atoms with Crippen molar-refractivity contribution in [1.29, 1.82) is 0 Å².